The van der Waals surface area contributed by atoms with E-state index in [2.05, 4.69) is 39.4 Å². The minimum Gasteiger partial charge on any atom is -0.368 e. The number of imidazole rings is 1. The highest BCUT2D eigenvalue weighted by Crippen LogP contribution is 2.33. The number of nitrogens with zero attached hydrogens (tertiary/aromatic N) is 3. The lowest BCUT2D eigenvalue weighted by Crippen LogP contribution is -2.48. The monoisotopic (exact) mass is 459 g/mol. The molecule has 0 bridgehead atoms. The topological polar surface area (TPSA) is 81.3 Å². The summed E-state index contributed by atoms with van der Waals surface area (Å²) in [5.41, 5.74) is 2.94. The molecule has 7 nitrogen and oxygen atoms in total. The third-order valence-electron chi connectivity index (χ3n) is 5.22. The SMILES string of the molecule is CCC(CC)Sc1nc2cc(Cl)c(N3CCN(CCNS(C)(=O)=O)CC3)cc2[nH]1. The van der Waals surface area contributed by atoms with Crippen LogP contribution in [0.2, 0.25) is 5.02 Å². The zero-order valence-electron chi connectivity index (χ0n) is 17.2. The number of anilines is 1. The van der Waals surface area contributed by atoms with Crippen molar-refractivity contribution in [1.82, 2.24) is 19.6 Å². The Hall–Kier alpha value is -1.00. The van der Waals surface area contributed by atoms with Gasteiger partial charge < -0.3 is 9.88 Å². The molecular formula is C19H30ClN5O2S2. The van der Waals surface area contributed by atoms with Gasteiger partial charge in [0, 0.05) is 44.5 Å². The molecule has 29 heavy (non-hydrogen) atoms. The number of rotatable bonds is 9. The second-order valence-corrected chi connectivity index (χ2v) is 10.9. The van der Waals surface area contributed by atoms with Gasteiger partial charge in [0.1, 0.15) is 0 Å². The molecule has 0 radical (unpaired) electrons. The molecule has 0 atom stereocenters. The number of thioether (sulfide) groups is 1. The van der Waals surface area contributed by atoms with E-state index in [0.29, 0.717) is 18.3 Å². The Balaban J connectivity index is 1.63. The van der Waals surface area contributed by atoms with Crippen LogP contribution in [0, 0.1) is 0 Å². The van der Waals surface area contributed by atoms with Gasteiger partial charge in [0.15, 0.2) is 5.16 Å². The minimum absolute atomic E-state index is 0.441. The highest BCUT2D eigenvalue weighted by Gasteiger charge is 2.20. The molecule has 2 N–H and O–H groups in total. The number of piperazine rings is 1. The number of hydrogen-bond donors (Lipinski definition) is 2. The van der Waals surface area contributed by atoms with E-state index in [0.717, 1.165) is 65.9 Å². The largest absolute Gasteiger partial charge is 0.368 e. The molecule has 0 spiro atoms. The van der Waals surface area contributed by atoms with E-state index < -0.39 is 10.0 Å². The average Bonchev–Trinajstić information content (AvgIpc) is 3.06. The third-order valence-corrected chi connectivity index (χ3v) is 7.67. The molecule has 3 rings (SSSR count). The van der Waals surface area contributed by atoms with Gasteiger partial charge in [-0.3, -0.25) is 4.90 Å². The Bertz CT molecular complexity index is 922. The molecule has 0 aliphatic carbocycles. The zero-order chi connectivity index (χ0) is 21.0. The third kappa shape index (κ3) is 6.24. The summed E-state index contributed by atoms with van der Waals surface area (Å²) < 4.78 is 24.9. The molecule has 1 saturated heterocycles. The van der Waals surface area contributed by atoms with Crippen LogP contribution in [-0.2, 0) is 10.0 Å². The van der Waals surface area contributed by atoms with Crippen LogP contribution in [0.3, 0.4) is 0 Å². The predicted octanol–water partition coefficient (Wildman–Crippen LogP) is 3.17. The van der Waals surface area contributed by atoms with Crippen molar-refractivity contribution in [3.8, 4) is 0 Å². The van der Waals surface area contributed by atoms with Crippen molar-refractivity contribution in [2.75, 3.05) is 50.4 Å². The molecule has 1 aliphatic heterocycles. The number of aromatic amines is 1. The summed E-state index contributed by atoms with van der Waals surface area (Å²) in [7, 11) is -3.13. The van der Waals surface area contributed by atoms with Crippen molar-refractivity contribution in [2.45, 2.75) is 37.1 Å². The quantitative estimate of drug-likeness (QED) is 0.560. The molecule has 162 valence electrons. The Kier molecular flexibility index (Phi) is 7.72. The van der Waals surface area contributed by atoms with Gasteiger partial charge in [0.2, 0.25) is 10.0 Å². The number of hydrogen-bond acceptors (Lipinski definition) is 6. The van der Waals surface area contributed by atoms with Crippen LogP contribution in [0.5, 0.6) is 0 Å². The number of benzene rings is 1. The van der Waals surface area contributed by atoms with Gasteiger partial charge in [0.05, 0.1) is 28.0 Å². The lowest BCUT2D eigenvalue weighted by Gasteiger charge is -2.36. The molecule has 10 heteroatoms. The zero-order valence-corrected chi connectivity index (χ0v) is 19.6. The molecule has 1 fully saturated rings. The molecular weight excluding hydrogens is 430 g/mol. The van der Waals surface area contributed by atoms with Gasteiger partial charge in [-0.05, 0) is 25.0 Å². The maximum atomic E-state index is 11.2. The molecule has 1 aromatic carbocycles. The summed E-state index contributed by atoms with van der Waals surface area (Å²) in [5.74, 6) is 0. The van der Waals surface area contributed by atoms with Crippen molar-refractivity contribution in [1.29, 1.82) is 0 Å². The predicted molar refractivity (Wildman–Crippen MR) is 123 cm³/mol. The summed E-state index contributed by atoms with van der Waals surface area (Å²) in [6.45, 7) is 9.02. The number of aromatic nitrogens is 2. The summed E-state index contributed by atoms with van der Waals surface area (Å²) in [5, 5.41) is 2.23. The molecule has 2 heterocycles. The minimum atomic E-state index is -3.13. The van der Waals surface area contributed by atoms with Crippen molar-refractivity contribution < 1.29 is 8.42 Å². The Morgan fingerprint density at radius 3 is 2.55 bits per heavy atom. The van der Waals surface area contributed by atoms with Crippen molar-refractivity contribution >= 4 is 50.1 Å². The van der Waals surface area contributed by atoms with Crippen LogP contribution in [-0.4, -0.2) is 74.1 Å². The van der Waals surface area contributed by atoms with Crippen molar-refractivity contribution in [3.05, 3.63) is 17.2 Å². The molecule has 1 aliphatic rings. The maximum Gasteiger partial charge on any atom is 0.208 e. The van der Waals surface area contributed by atoms with E-state index in [4.69, 9.17) is 16.6 Å². The van der Waals surface area contributed by atoms with Gasteiger partial charge >= 0.3 is 0 Å². The van der Waals surface area contributed by atoms with Crippen LogP contribution in [0.25, 0.3) is 11.0 Å². The van der Waals surface area contributed by atoms with Crippen LogP contribution < -0.4 is 9.62 Å². The van der Waals surface area contributed by atoms with Gasteiger partial charge in [-0.15, -0.1) is 0 Å². The van der Waals surface area contributed by atoms with Crippen LogP contribution in [0.15, 0.2) is 17.3 Å². The first-order valence-corrected chi connectivity index (χ1v) is 13.2. The molecule has 0 unspecified atom stereocenters. The van der Waals surface area contributed by atoms with Crippen molar-refractivity contribution in [2.24, 2.45) is 0 Å². The number of nitrogens with one attached hydrogen (secondary N) is 2. The summed E-state index contributed by atoms with van der Waals surface area (Å²) in [4.78, 5) is 12.7. The lowest BCUT2D eigenvalue weighted by atomic mass is 10.2. The van der Waals surface area contributed by atoms with Gasteiger partial charge in [-0.1, -0.05) is 37.2 Å². The van der Waals surface area contributed by atoms with Crippen LogP contribution >= 0.6 is 23.4 Å². The molecule has 2 aromatic rings. The highest BCUT2D eigenvalue weighted by atomic mass is 35.5. The standard InChI is InChI=1S/C19H30ClN5O2S2/c1-4-14(5-2)28-19-22-16-12-15(20)18(13-17(16)23-19)25-10-8-24(9-11-25)7-6-21-29(3,26)27/h12-14,21H,4-11H2,1-3H3,(H,22,23). The van der Waals surface area contributed by atoms with E-state index in [1.807, 2.05) is 6.07 Å². The maximum absolute atomic E-state index is 11.2. The number of fused-ring (bicyclic) bond motifs is 1. The van der Waals surface area contributed by atoms with E-state index in [1.54, 1.807) is 11.8 Å². The fraction of sp³-hybridized carbons (Fsp3) is 0.632. The lowest BCUT2D eigenvalue weighted by molar-refractivity contribution is 0.262. The van der Waals surface area contributed by atoms with E-state index in [-0.39, 0.29) is 0 Å². The first-order chi connectivity index (χ1) is 13.8. The smallest absolute Gasteiger partial charge is 0.208 e. The van der Waals surface area contributed by atoms with E-state index in [1.165, 1.54) is 6.26 Å². The first-order valence-electron chi connectivity index (χ1n) is 10.1. The first kappa shape index (κ1) is 22.7. The van der Waals surface area contributed by atoms with E-state index in [9.17, 15) is 8.42 Å². The molecule has 0 saturated carbocycles. The number of sulfonamides is 1. The number of H-pyrrole nitrogens is 1. The summed E-state index contributed by atoms with van der Waals surface area (Å²) in [6.07, 6.45) is 3.43. The van der Waals surface area contributed by atoms with Crippen LogP contribution in [0.4, 0.5) is 5.69 Å². The van der Waals surface area contributed by atoms with Gasteiger partial charge in [0.25, 0.3) is 0 Å². The van der Waals surface area contributed by atoms with Gasteiger partial charge in [-0.25, -0.2) is 18.1 Å². The fourth-order valence-electron chi connectivity index (χ4n) is 3.51. The Labute approximate surface area is 182 Å². The Morgan fingerprint density at radius 2 is 1.93 bits per heavy atom. The normalized spacial score (nSPS) is 16.2. The van der Waals surface area contributed by atoms with Crippen LogP contribution in [0.1, 0.15) is 26.7 Å². The second-order valence-electron chi connectivity index (χ2n) is 7.41. The summed E-state index contributed by atoms with van der Waals surface area (Å²) >= 11 is 8.38. The fourth-order valence-corrected chi connectivity index (χ4v) is 5.22. The second kappa shape index (κ2) is 9.87. The van der Waals surface area contributed by atoms with Crippen molar-refractivity contribution in [3.63, 3.8) is 0 Å². The summed E-state index contributed by atoms with van der Waals surface area (Å²) in [6, 6.07) is 4.05. The molecule has 1 aromatic heterocycles. The highest BCUT2D eigenvalue weighted by molar-refractivity contribution is 7.99. The molecule has 0 amide bonds. The Morgan fingerprint density at radius 1 is 1.24 bits per heavy atom. The average molecular weight is 460 g/mol. The number of halogens is 1. The van der Waals surface area contributed by atoms with Gasteiger partial charge in [-0.2, -0.15) is 0 Å². The van der Waals surface area contributed by atoms with E-state index >= 15 is 0 Å².